The summed E-state index contributed by atoms with van der Waals surface area (Å²) in [5, 5.41) is 8.55. The zero-order valence-corrected chi connectivity index (χ0v) is 8.38. The number of imidazole rings is 1. The van der Waals surface area contributed by atoms with Gasteiger partial charge in [0.15, 0.2) is 11.2 Å². The van der Waals surface area contributed by atoms with E-state index in [2.05, 4.69) is 15.0 Å². The van der Waals surface area contributed by atoms with Gasteiger partial charge in [-0.1, -0.05) is 0 Å². The lowest BCUT2D eigenvalue weighted by molar-refractivity contribution is 0.0474. The number of hydrogen-bond acceptors (Lipinski definition) is 6. The summed E-state index contributed by atoms with van der Waals surface area (Å²) in [6.45, 7) is -0.0333. The maximum absolute atomic E-state index is 11.8. The molecule has 0 saturated carbocycles. The number of hydrogen-bond donors (Lipinski definition) is 3. The van der Waals surface area contributed by atoms with E-state index < -0.39 is 0 Å². The number of aliphatic hydroxyl groups excluding tert-OH is 1. The molecule has 86 valence electrons. The van der Waals surface area contributed by atoms with Crippen LogP contribution < -0.4 is 11.3 Å². The van der Waals surface area contributed by atoms with Gasteiger partial charge in [0.25, 0.3) is 5.56 Å². The summed E-state index contributed by atoms with van der Waals surface area (Å²) in [6.07, 6.45) is 1.37. The molecule has 0 radical (unpaired) electrons. The van der Waals surface area contributed by atoms with E-state index in [1.807, 2.05) is 0 Å². The Morgan fingerprint density at radius 2 is 2.44 bits per heavy atom. The molecule has 2 rings (SSSR count). The Balaban J connectivity index is 2.39. The largest absolute Gasteiger partial charge is 0.394 e. The van der Waals surface area contributed by atoms with Crippen LogP contribution in [0.1, 0.15) is 0 Å². The van der Waals surface area contributed by atoms with E-state index in [0.29, 0.717) is 0 Å². The van der Waals surface area contributed by atoms with Crippen LogP contribution >= 0.6 is 0 Å². The van der Waals surface area contributed by atoms with Crippen molar-refractivity contribution in [2.24, 2.45) is 0 Å². The van der Waals surface area contributed by atoms with E-state index in [9.17, 15) is 4.79 Å². The molecule has 0 unspecified atom stereocenters. The highest BCUT2D eigenvalue weighted by Gasteiger charge is 2.09. The van der Waals surface area contributed by atoms with E-state index in [1.54, 1.807) is 0 Å². The number of aliphatic hydroxyl groups is 1. The van der Waals surface area contributed by atoms with Crippen molar-refractivity contribution in [3.8, 4) is 0 Å². The molecule has 0 aliphatic carbocycles. The molecule has 0 aliphatic heterocycles. The standard InChI is InChI=1S/C8H11N5O3/c9-8-12-6-5(10-3-11-6)7(15)13(8)4-16-2-1-14/h3,14H,1-2,4H2,(H2,9,12)(H,10,11). The van der Waals surface area contributed by atoms with Crippen LogP contribution in [0.3, 0.4) is 0 Å². The zero-order valence-electron chi connectivity index (χ0n) is 8.38. The number of anilines is 1. The second-order valence-electron chi connectivity index (χ2n) is 3.07. The third-order valence-electron chi connectivity index (χ3n) is 2.03. The monoisotopic (exact) mass is 225 g/mol. The fourth-order valence-electron chi connectivity index (χ4n) is 1.28. The molecule has 8 heteroatoms. The first-order valence-electron chi connectivity index (χ1n) is 4.62. The quantitative estimate of drug-likeness (QED) is 0.554. The van der Waals surface area contributed by atoms with Gasteiger partial charge in [0.1, 0.15) is 6.73 Å². The average Bonchev–Trinajstić information content (AvgIpc) is 2.71. The number of aromatic amines is 1. The van der Waals surface area contributed by atoms with E-state index in [4.69, 9.17) is 15.6 Å². The molecule has 0 bridgehead atoms. The summed E-state index contributed by atoms with van der Waals surface area (Å²) in [6, 6.07) is 0. The SMILES string of the molecule is Nc1nc2nc[nH]c2c(=O)n1COCCO. The molecule has 0 aliphatic rings. The Hall–Kier alpha value is -1.93. The van der Waals surface area contributed by atoms with Gasteiger partial charge in [-0.25, -0.2) is 4.98 Å². The normalized spacial score (nSPS) is 11.1. The van der Waals surface area contributed by atoms with Crippen molar-refractivity contribution >= 4 is 17.1 Å². The Kier molecular flexibility index (Phi) is 2.84. The Labute approximate surface area is 89.7 Å². The van der Waals surface area contributed by atoms with Gasteiger partial charge in [0.05, 0.1) is 19.5 Å². The number of ether oxygens (including phenoxy) is 1. The van der Waals surface area contributed by atoms with Crippen molar-refractivity contribution in [3.05, 3.63) is 16.7 Å². The molecule has 2 aromatic heterocycles. The minimum atomic E-state index is -0.349. The summed E-state index contributed by atoms with van der Waals surface area (Å²) in [5.74, 6) is 0.0301. The number of fused-ring (bicyclic) bond motifs is 1. The molecule has 0 fully saturated rings. The smallest absolute Gasteiger partial charge is 0.282 e. The van der Waals surface area contributed by atoms with Crippen molar-refractivity contribution in [1.29, 1.82) is 0 Å². The molecule has 2 heterocycles. The molecule has 0 saturated heterocycles. The van der Waals surface area contributed by atoms with Gasteiger partial charge in [-0.3, -0.25) is 9.36 Å². The minimum absolute atomic E-state index is 0.0301. The maximum Gasteiger partial charge on any atom is 0.282 e. The van der Waals surface area contributed by atoms with Crippen molar-refractivity contribution < 1.29 is 9.84 Å². The maximum atomic E-state index is 11.8. The molecule has 2 aromatic rings. The topological polar surface area (TPSA) is 119 Å². The number of aromatic nitrogens is 4. The van der Waals surface area contributed by atoms with Crippen molar-refractivity contribution in [2.75, 3.05) is 18.9 Å². The van der Waals surface area contributed by atoms with Crippen LogP contribution in [0.4, 0.5) is 5.95 Å². The Morgan fingerprint density at radius 1 is 1.62 bits per heavy atom. The fourth-order valence-corrected chi connectivity index (χ4v) is 1.28. The number of nitrogens with one attached hydrogen (secondary N) is 1. The van der Waals surface area contributed by atoms with Gasteiger partial charge in [-0.05, 0) is 0 Å². The molecule has 0 aromatic carbocycles. The third kappa shape index (κ3) is 1.75. The molecular weight excluding hydrogens is 214 g/mol. The first-order chi connectivity index (χ1) is 7.74. The predicted octanol–water partition coefficient (Wildman–Crippen LogP) is -1.33. The van der Waals surface area contributed by atoms with Gasteiger partial charge in [0, 0.05) is 0 Å². The van der Waals surface area contributed by atoms with E-state index in [1.165, 1.54) is 6.33 Å². The minimum Gasteiger partial charge on any atom is -0.394 e. The lowest BCUT2D eigenvalue weighted by atomic mass is 10.5. The van der Waals surface area contributed by atoms with E-state index in [-0.39, 0.29) is 42.6 Å². The molecule has 4 N–H and O–H groups in total. The molecule has 0 amide bonds. The number of H-pyrrole nitrogens is 1. The highest BCUT2D eigenvalue weighted by atomic mass is 16.5. The summed E-state index contributed by atoms with van der Waals surface area (Å²) in [5.41, 5.74) is 5.79. The van der Waals surface area contributed by atoms with Gasteiger partial charge in [0.2, 0.25) is 5.95 Å². The fraction of sp³-hybridized carbons (Fsp3) is 0.375. The van der Waals surface area contributed by atoms with Crippen LogP contribution in [0.5, 0.6) is 0 Å². The van der Waals surface area contributed by atoms with E-state index >= 15 is 0 Å². The van der Waals surface area contributed by atoms with Gasteiger partial charge < -0.3 is 20.6 Å². The first kappa shape index (κ1) is 10.6. The highest BCUT2D eigenvalue weighted by molar-refractivity contribution is 5.69. The van der Waals surface area contributed by atoms with Crippen LogP contribution in [-0.4, -0.2) is 37.8 Å². The highest BCUT2D eigenvalue weighted by Crippen LogP contribution is 2.03. The van der Waals surface area contributed by atoms with Crippen molar-refractivity contribution in [3.63, 3.8) is 0 Å². The summed E-state index contributed by atoms with van der Waals surface area (Å²) < 4.78 is 6.18. The van der Waals surface area contributed by atoms with Gasteiger partial charge in [-0.15, -0.1) is 0 Å². The number of nitrogen functional groups attached to an aromatic ring is 1. The molecule has 8 nitrogen and oxygen atoms in total. The van der Waals surface area contributed by atoms with Gasteiger partial charge in [-0.2, -0.15) is 4.98 Å². The Morgan fingerprint density at radius 3 is 3.19 bits per heavy atom. The van der Waals surface area contributed by atoms with E-state index in [0.717, 1.165) is 4.57 Å². The molecule has 0 spiro atoms. The summed E-state index contributed by atoms with van der Waals surface area (Å²) in [7, 11) is 0. The summed E-state index contributed by atoms with van der Waals surface area (Å²) in [4.78, 5) is 22.3. The third-order valence-corrected chi connectivity index (χ3v) is 2.03. The van der Waals surface area contributed by atoms with Crippen LogP contribution in [0.15, 0.2) is 11.1 Å². The molecule has 16 heavy (non-hydrogen) atoms. The second kappa shape index (κ2) is 4.29. The van der Waals surface area contributed by atoms with Crippen molar-refractivity contribution in [1.82, 2.24) is 19.5 Å². The lowest BCUT2D eigenvalue weighted by Gasteiger charge is -2.08. The number of nitrogens with two attached hydrogens (primary N) is 1. The lowest BCUT2D eigenvalue weighted by Crippen LogP contribution is -2.26. The second-order valence-corrected chi connectivity index (χ2v) is 3.07. The Bertz CT molecular complexity index is 546. The number of nitrogens with zero attached hydrogens (tertiary/aromatic N) is 3. The van der Waals surface area contributed by atoms with Crippen LogP contribution in [-0.2, 0) is 11.5 Å². The molecular formula is C8H11N5O3. The van der Waals surface area contributed by atoms with Crippen LogP contribution in [0, 0.1) is 0 Å². The van der Waals surface area contributed by atoms with Gasteiger partial charge >= 0.3 is 0 Å². The number of rotatable bonds is 4. The first-order valence-corrected chi connectivity index (χ1v) is 4.62. The summed E-state index contributed by atoms with van der Waals surface area (Å²) >= 11 is 0. The van der Waals surface area contributed by atoms with Crippen LogP contribution in [0.25, 0.3) is 11.2 Å². The zero-order chi connectivity index (χ0) is 11.5. The van der Waals surface area contributed by atoms with Crippen molar-refractivity contribution in [2.45, 2.75) is 6.73 Å². The predicted molar refractivity (Wildman–Crippen MR) is 55.6 cm³/mol. The van der Waals surface area contributed by atoms with Crippen LogP contribution in [0.2, 0.25) is 0 Å². The average molecular weight is 225 g/mol. The molecule has 0 atom stereocenters.